The highest BCUT2D eigenvalue weighted by Gasteiger charge is 2.20. The summed E-state index contributed by atoms with van der Waals surface area (Å²) in [6, 6.07) is 5.26. The van der Waals surface area contributed by atoms with Gasteiger partial charge in [0.15, 0.2) is 0 Å². The van der Waals surface area contributed by atoms with Crippen LogP contribution in [0.3, 0.4) is 0 Å². The molecule has 1 aliphatic heterocycles. The summed E-state index contributed by atoms with van der Waals surface area (Å²) in [4.78, 5) is 2.31. The van der Waals surface area contributed by atoms with Gasteiger partial charge in [-0.3, -0.25) is 0 Å². The molecule has 1 N–H and O–H groups in total. The Kier molecular flexibility index (Phi) is 4.91. The van der Waals surface area contributed by atoms with E-state index < -0.39 is 6.10 Å². The molecule has 0 saturated carbocycles. The molecule has 0 bridgehead atoms. The van der Waals surface area contributed by atoms with Crippen molar-refractivity contribution in [1.82, 2.24) is 4.90 Å². The van der Waals surface area contributed by atoms with E-state index in [1.54, 1.807) is 12.1 Å². The van der Waals surface area contributed by atoms with Crippen LogP contribution >= 0.6 is 23.2 Å². The average molecular weight is 288 g/mol. The molecule has 1 aromatic carbocycles. The van der Waals surface area contributed by atoms with Crippen molar-refractivity contribution < 1.29 is 5.11 Å². The van der Waals surface area contributed by atoms with Crippen molar-refractivity contribution in [2.24, 2.45) is 5.92 Å². The van der Waals surface area contributed by atoms with Gasteiger partial charge in [0.05, 0.1) is 6.10 Å². The molecule has 1 heterocycles. The lowest BCUT2D eigenvalue weighted by Gasteiger charge is -2.32. The van der Waals surface area contributed by atoms with E-state index in [4.69, 9.17) is 23.2 Å². The molecule has 4 heteroatoms. The molecule has 0 aliphatic carbocycles. The van der Waals surface area contributed by atoms with Gasteiger partial charge < -0.3 is 10.0 Å². The second-order valence-electron chi connectivity index (χ2n) is 5.19. The van der Waals surface area contributed by atoms with Crippen LogP contribution in [0.25, 0.3) is 0 Å². The topological polar surface area (TPSA) is 23.5 Å². The molecule has 0 aromatic heterocycles. The van der Waals surface area contributed by atoms with Crippen LogP contribution in [0.15, 0.2) is 18.2 Å². The Bertz CT molecular complexity index is 411. The smallest absolute Gasteiger partial charge is 0.0931 e. The number of likely N-dealkylation sites (tertiary alicyclic amines) is 1. The molecule has 1 saturated heterocycles. The zero-order valence-corrected chi connectivity index (χ0v) is 12.1. The molecular formula is C14H19Cl2NO. The fraction of sp³-hybridized carbons (Fsp3) is 0.571. The third-order valence-corrected chi connectivity index (χ3v) is 4.06. The van der Waals surface area contributed by atoms with Gasteiger partial charge in [-0.15, -0.1) is 0 Å². The maximum Gasteiger partial charge on any atom is 0.0931 e. The number of piperidine rings is 1. The minimum atomic E-state index is -0.542. The number of β-amino-alcohol motifs (C(OH)–C–C–N with tert-alkyl or cyclic N) is 1. The summed E-state index contributed by atoms with van der Waals surface area (Å²) >= 11 is 12.0. The Balaban J connectivity index is 2.00. The van der Waals surface area contributed by atoms with Gasteiger partial charge in [-0.25, -0.2) is 0 Å². The summed E-state index contributed by atoms with van der Waals surface area (Å²) in [7, 11) is 0. The average Bonchev–Trinajstić information content (AvgIpc) is 2.28. The van der Waals surface area contributed by atoms with Crippen molar-refractivity contribution in [3.05, 3.63) is 33.8 Å². The third-order valence-electron chi connectivity index (χ3n) is 3.49. The molecule has 0 radical (unpaired) electrons. The molecule has 1 aliphatic rings. The molecule has 0 amide bonds. The molecule has 1 fully saturated rings. The summed E-state index contributed by atoms with van der Waals surface area (Å²) in [6.45, 7) is 5.02. The predicted octanol–water partition coefficient (Wildman–Crippen LogP) is 3.76. The monoisotopic (exact) mass is 287 g/mol. The number of nitrogens with zero attached hydrogens (tertiary/aromatic N) is 1. The van der Waals surface area contributed by atoms with Gasteiger partial charge in [0.2, 0.25) is 0 Å². The first-order valence-corrected chi connectivity index (χ1v) is 7.17. The molecule has 0 spiro atoms. The lowest BCUT2D eigenvalue weighted by atomic mass is 9.99. The lowest BCUT2D eigenvalue weighted by molar-refractivity contribution is 0.0876. The van der Waals surface area contributed by atoms with Gasteiger partial charge in [0.25, 0.3) is 0 Å². The van der Waals surface area contributed by atoms with Crippen molar-refractivity contribution in [2.75, 3.05) is 19.6 Å². The van der Waals surface area contributed by atoms with Crippen molar-refractivity contribution in [3.8, 4) is 0 Å². The van der Waals surface area contributed by atoms with Crippen molar-refractivity contribution in [3.63, 3.8) is 0 Å². The van der Waals surface area contributed by atoms with E-state index in [2.05, 4.69) is 11.8 Å². The number of aliphatic hydroxyl groups excluding tert-OH is 1. The van der Waals surface area contributed by atoms with Crippen LogP contribution < -0.4 is 0 Å². The van der Waals surface area contributed by atoms with E-state index in [-0.39, 0.29) is 0 Å². The Morgan fingerprint density at radius 1 is 1.44 bits per heavy atom. The maximum atomic E-state index is 10.3. The fourth-order valence-electron chi connectivity index (χ4n) is 2.57. The lowest BCUT2D eigenvalue weighted by Crippen LogP contribution is -2.37. The van der Waals surface area contributed by atoms with Crippen LogP contribution in [0.2, 0.25) is 10.0 Å². The molecule has 100 valence electrons. The van der Waals surface area contributed by atoms with Crippen molar-refractivity contribution >= 4 is 23.2 Å². The Labute approximate surface area is 119 Å². The normalized spacial score (nSPS) is 23.0. The molecule has 2 unspecified atom stereocenters. The maximum absolute atomic E-state index is 10.3. The van der Waals surface area contributed by atoms with Crippen molar-refractivity contribution in [1.29, 1.82) is 0 Å². The van der Waals surface area contributed by atoms with Gasteiger partial charge in [0, 0.05) is 28.7 Å². The van der Waals surface area contributed by atoms with Gasteiger partial charge in [-0.2, -0.15) is 0 Å². The fourth-order valence-corrected chi connectivity index (χ4v) is 3.10. The van der Waals surface area contributed by atoms with E-state index in [1.165, 1.54) is 12.8 Å². The van der Waals surface area contributed by atoms with Gasteiger partial charge in [-0.05, 0) is 37.4 Å². The van der Waals surface area contributed by atoms with Crippen LogP contribution in [-0.2, 0) is 0 Å². The number of hydrogen-bond acceptors (Lipinski definition) is 2. The first kappa shape index (κ1) is 14.1. The zero-order valence-electron chi connectivity index (χ0n) is 10.6. The number of rotatable bonds is 3. The molecule has 2 nitrogen and oxygen atoms in total. The van der Waals surface area contributed by atoms with E-state index in [9.17, 15) is 5.11 Å². The zero-order chi connectivity index (χ0) is 13.1. The summed E-state index contributed by atoms with van der Waals surface area (Å²) in [5, 5.41) is 11.4. The number of hydrogen-bond donors (Lipinski definition) is 1. The second-order valence-corrected chi connectivity index (χ2v) is 6.03. The molecule has 2 atom stereocenters. The van der Waals surface area contributed by atoms with Crippen LogP contribution in [0.1, 0.15) is 31.4 Å². The van der Waals surface area contributed by atoms with Crippen molar-refractivity contribution in [2.45, 2.75) is 25.9 Å². The summed E-state index contributed by atoms with van der Waals surface area (Å²) in [5.74, 6) is 0.714. The molecule has 1 aromatic rings. The first-order chi connectivity index (χ1) is 8.56. The summed E-state index contributed by atoms with van der Waals surface area (Å²) in [5.41, 5.74) is 0.763. The highest BCUT2D eigenvalue weighted by Crippen LogP contribution is 2.27. The standard InChI is InChI=1S/C14H19Cl2NO/c1-10-3-2-6-17(8-10)9-14(18)12-5-4-11(15)7-13(12)16/h4-5,7,10,14,18H,2-3,6,8-9H2,1H3. The predicted molar refractivity (Wildman–Crippen MR) is 76.3 cm³/mol. The largest absolute Gasteiger partial charge is 0.387 e. The van der Waals surface area contributed by atoms with Gasteiger partial charge in [0.1, 0.15) is 0 Å². The highest BCUT2D eigenvalue weighted by atomic mass is 35.5. The minimum absolute atomic E-state index is 0.542. The van der Waals surface area contributed by atoms with E-state index in [0.717, 1.165) is 18.7 Å². The quantitative estimate of drug-likeness (QED) is 0.915. The molecule has 18 heavy (non-hydrogen) atoms. The van der Waals surface area contributed by atoms with E-state index in [1.807, 2.05) is 6.07 Å². The highest BCUT2D eigenvalue weighted by molar-refractivity contribution is 6.35. The minimum Gasteiger partial charge on any atom is -0.387 e. The Morgan fingerprint density at radius 3 is 2.89 bits per heavy atom. The first-order valence-electron chi connectivity index (χ1n) is 6.41. The third kappa shape index (κ3) is 3.61. The van der Waals surface area contributed by atoms with Crippen LogP contribution in [-0.4, -0.2) is 29.6 Å². The second kappa shape index (κ2) is 6.25. The molecule has 2 rings (SSSR count). The molecular weight excluding hydrogens is 269 g/mol. The van der Waals surface area contributed by atoms with E-state index >= 15 is 0 Å². The Hall–Kier alpha value is -0.280. The SMILES string of the molecule is CC1CCCN(CC(O)c2ccc(Cl)cc2Cl)C1. The van der Waals surface area contributed by atoms with Gasteiger partial charge >= 0.3 is 0 Å². The Morgan fingerprint density at radius 2 is 2.22 bits per heavy atom. The number of halogens is 2. The van der Waals surface area contributed by atoms with Crippen LogP contribution in [0, 0.1) is 5.92 Å². The van der Waals surface area contributed by atoms with Crippen LogP contribution in [0.5, 0.6) is 0 Å². The number of benzene rings is 1. The van der Waals surface area contributed by atoms with Crippen LogP contribution in [0.4, 0.5) is 0 Å². The van der Waals surface area contributed by atoms with E-state index in [0.29, 0.717) is 22.5 Å². The summed E-state index contributed by atoms with van der Waals surface area (Å²) in [6.07, 6.45) is 1.95. The van der Waals surface area contributed by atoms with Gasteiger partial charge in [-0.1, -0.05) is 36.2 Å². The summed E-state index contributed by atoms with van der Waals surface area (Å²) < 4.78 is 0. The number of aliphatic hydroxyl groups is 1.